The number of aromatic nitrogens is 4. The monoisotopic (exact) mass is 264 g/mol. The average Bonchev–Trinajstić information content (AvgIpc) is 2.71. The third kappa shape index (κ3) is 1.85. The fraction of sp³-hybridized carbons (Fsp3) is 0. The lowest BCUT2D eigenvalue weighted by atomic mass is 10.2. The summed E-state index contributed by atoms with van der Waals surface area (Å²) in [5.74, 6) is 0.616. The van der Waals surface area contributed by atoms with Crippen molar-refractivity contribution in [2.24, 2.45) is 0 Å². The van der Waals surface area contributed by atoms with Crippen molar-refractivity contribution in [1.29, 1.82) is 0 Å². The smallest absolute Gasteiger partial charge is 0.185 e. The molecular weight excluding hydrogens is 259 g/mol. The number of halogens is 2. The fourth-order valence-electron chi connectivity index (χ4n) is 1.57. The summed E-state index contributed by atoms with van der Waals surface area (Å²) >= 11 is 11.8. The van der Waals surface area contributed by atoms with Crippen molar-refractivity contribution in [1.82, 2.24) is 19.8 Å². The summed E-state index contributed by atoms with van der Waals surface area (Å²) < 4.78 is 1.59. The van der Waals surface area contributed by atoms with Crippen LogP contribution in [-0.2, 0) is 0 Å². The Morgan fingerprint density at radius 2 is 1.88 bits per heavy atom. The lowest BCUT2D eigenvalue weighted by Crippen LogP contribution is -1.94. The Hall–Kier alpha value is -1.65. The van der Waals surface area contributed by atoms with E-state index in [4.69, 9.17) is 23.2 Å². The molecule has 0 unspecified atom stereocenters. The number of hydrogen-bond acceptors (Lipinski definition) is 3. The topological polar surface area (TPSA) is 43.1 Å². The van der Waals surface area contributed by atoms with Gasteiger partial charge in [-0.05, 0) is 24.3 Å². The van der Waals surface area contributed by atoms with Crippen LogP contribution in [0.4, 0.5) is 0 Å². The summed E-state index contributed by atoms with van der Waals surface area (Å²) in [5, 5.41) is 13.3. The summed E-state index contributed by atoms with van der Waals surface area (Å²) in [7, 11) is 0. The van der Waals surface area contributed by atoms with Gasteiger partial charge in [0.05, 0.1) is 0 Å². The standard InChI is InChI=1S/C11H6Cl2N4/c12-8-3-1-2-7(6-8)11-15-14-10-5-4-9(13)16-17(10)11/h1-6H. The summed E-state index contributed by atoms with van der Waals surface area (Å²) in [5.41, 5.74) is 1.49. The predicted octanol–water partition coefficient (Wildman–Crippen LogP) is 3.10. The number of benzene rings is 1. The van der Waals surface area contributed by atoms with Crippen molar-refractivity contribution in [3.63, 3.8) is 0 Å². The van der Waals surface area contributed by atoms with Crippen LogP contribution in [0, 0.1) is 0 Å². The van der Waals surface area contributed by atoms with Gasteiger partial charge in [-0.15, -0.1) is 10.2 Å². The maximum atomic E-state index is 5.94. The number of rotatable bonds is 1. The van der Waals surface area contributed by atoms with Gasteiger partial charge >= 0.3 is 0 Å². The first-order chi connectivity index (χ1) is 8.24. The Labute approximate surface area is 107 Å². The molecule has 0 N–H and O–H groups in total. The molecule has 17 heavy (non-hydrogen) atoms. The molecule has 0 aliphatic rings. The van der Waals surface area contributed by atoms with Crippen LogP contribution in [0.1, 0.15) is 0 Å². The molecule has 3 aromatic rings. The van der Waals surface area contributed by atoms with Crippen LogP contribution in [0.3, 0.4) is 0 Å². The largest absolute Gasteiger partial charge is 0.191 e. The maximum Gasteiger partial charge on any atom is 0.185 e. The first-order valence-electron chi connectivity index (χ1n) is 4.88. The molecular formula is C11H6Cl2N4. The quantitative estimate of drug-likeness (QED) is 0.679. The second kappa shape index (κ2) is 3.98. The lowest BCUT2D eigenvalue weighted by Gasteiger charge is -1.99. The highest BCUT2D eigenvalue weighted by atomic mass is 35.5. The zero-order valence-corrected chi connectivity index (χ0v) is 10.0. The molecule has 0 saturated carbocycles. The van der Waals surface area contributed by atoms with E-state index in [1.165, 1.54) is 0 Å². The molecule has 0 radical (unpaired) electrons. The molecule has 0 saturated heterocycles. The van der Waals surface area contributed by atoms with E-state index in [0.29, 0.717) is 21.6 Å². The summed E-state index contributed by atoms with van der Waals surface area (Å²) in [4.78, 5) is 0. The zero-order chi connectivity index (χ0) is 11.8. The minimum Gasteiger partial charge on any atom is -0.191 e. The molecule has 0 amide bonds. The van der Waals surface area contributed by atoms with E-state index in [2.05, 4.69) is 15.3 Å². The van der Waals surface area contributed by atoms with Crippen molar-refractivity contribution >= 4 is 28.8 Å². The third-order valence-corrected chi connectivity index (χ3v) is 2.75. The number of fused-ring (bicyclic) bond motifs is 1. The van der Waals surface area contributed by atoms with Crippen LogP contribution >= 0.6 is 23.2 Å². The van der Waals surface area contributed by atoms with Crippen LogP contribution in [-0.4, -0.2) is 19.8 Å². The van der Waals surface area contributed by atoms with E-state index in [9.17, 15) is 0 Å². The van der Waals surface area contributed by atoms with Gasteiger partial charge in [0.25, 0.3) is 0 Å². The Kier molecular flexibility index (Phi) is 2.46. The highest BCUT2D eigenvalue weighted by Gasteiger charge is 2.09. The minimum atomic E-state index is 0.389. The van der Waals surface area contributed by atoms with Crippen molar-refractivity contribution in [2.75, 3.05) is 0 Å². The highest BCUT2D eigenvalue weighted by molar-refractivity contribution is 6.30. The normalized spacial score (nSPS) is 10.9. The van der Waals surface area contributed by atoms with E-state index < -0.39 is 0 Å². The summed E-state index contributed by atoms with van der Waals surface area (Å²) in [6.07, 6.45) is 0. The number of hydrogen-bond donors (Lipinski definition) is 0. The van der Waals surface area contributed by atoms with Gasteiger partial charge in [0.15, 0.2) is 11.5 Å². The fourth-order valence-corrected chi connectivity index (χ4v) is 1.90. The minimum absolute atomic E-state index is 0.389. The van der Waals surface area contributed by atoms with Crippen molar-refractivity contribution < 1.29 is 0 Å². The Morgan fingerprint density at radius 1 is 1.00 bits per heavy atom. The second-order valence-electron chi connectivity index (χ2n) is 3.46. The molecule has 1 aromatic carbocycles. The molecule has 2 aromatic heterocycles. The molecule has 0 bridgehead atoms. The lowest BCUT2D eigenvalue weighted by molar-refractivity contribution is 0.936. The SMILES string of the molecule is Clc1cccc(-c2nnc3ccc(Cl)nn23)c1. The van der Waals surface area contributed by atoms with Crippen LogP contribution in [0.15, 0.2) is 36.4 Å². The van der Waals surface area contributed by atoms with E-state index in [-0.39, 0.29) is 0 Å². The first kappa shape index (κ1) is 10.5. The molecule has 6 heteroatoms. The molecule has 3 rings (SSSR count). The van der Waals surface area contributed by atoms with Gasteiger partial charge in [0.2, 0.25) is 0 Å². The molecule has 4 nitrogen and oxygen atoms in total. The predicted molar refractivity (Wildman–Crippen MR) is 66.2 cm³/mol. The Morgan fingerprint density at radius 3 is 2.71 bits per heavy atom. The van der Waals surface area contributed by atoms with Crippen molar-refractivity contribution in [2.45, 2.75) is 0 Å². The molecule has 84 valence electrons. The summed E-state index contributed by atoms with van der Waals surface area (Å²) in [6, 6.07) is 10.8. The number of nitrogens with zero attached hydrogens (tertiary/aromatic N) is 4. The zero-order valence-electron chi connectivity index (χ0n) is 8.51. The second-order valence-corrected chi connectivity index (χ2v) is 4.28. The maximum absolute atomic E-state index is 5.94. The van der Waals surface area contributed by atoms with E-state index in [1.54, 1.807) is 28.8 Å². The van der Waals surface area contributed by atoms with Crippen molar-refractivity contribution in [3.05, 3.63) is 46.6 Å². The van der Waals surface area contributed by atoms with Gasteiger partial charge in [-0.1, -0.05) is 35.3 Å². The Bertz CT molecular complexity index is 693. The Balaban J connectivity index is 2.27. The molecule has 2 heterocycles. The molecule has 0 atom stereocenters. The highest BCUT2D eigenvalue weighted by Crippen LogP contribution is 2.21. The van der Waals surface area contributed by atoms with Crippen LogP contribution in [0.5, 0.6) is 0 Å². The van der Waals surface area contributed by atoms with E-state index in [0.717, 1.165) is 5.56 Å². The van der Waals surface area contributed by atoms with E-state index in [1.807, 2.05) is 12.1 Å². The van der Waals surface area contributed by atoms with Crippen LogP contribution < -0.4 is 0 Å². The van der Waals surface area contributed by atoms with Crippen LogP contribution in [0.2, 0.25) is 10.2 Å². The van der Waals surface area contributed by atoms with Gasteiger partial charge in [-0.25, -0.2) is 0 Å². The van der Waals surface area contributed by atoms with Gasteiger partial charge in [0.1, 0.15) is 5.15 Å². The van der Waals surface area contributed by atoms with Gasteiger partial charge in [-0.2, -0.15) is 9.61 Å². The van der Waals surface area contributed by atoms with Gasteiger partial charge < -0.3 is 0 Å². The van der Waals surface area contributed by atoms with Gasteiger partial charge in [0, 0.05) is 10.6 Å². The van der Waals surface area contributed by atoms with E-state index >= 15 is 0 Å². The molecule has 0 aliphatic heterocycles. The molecule has 0 aliphatic carbocycles. The summed E-state index contributed by atoms with van der Waals surface area (Å²) in [6.45, 7) is 0. The van der Waals surface area contributed by atoms with Crippen molar-refractivity contribution in [3.8, 4) is 11.4 Å². The molecule has 0 fully saturated rings. The third-order valence-electron chi connectivity index (χ3n) is 2.31. The first-order valence-corrected chi connectivity index (χ1v) is 5.63. The van der Waals surface area contributed by atoms with Gasteiger partial charge in [-0.3, -0.25) is 0 Å². The average molecular weight is 265 g/mol. The molecule has 0 spiro atoms. The van der Waals surface area contributed by atoms with Crippen LogP contribution in [0.25, 0.3) is 17.0 Å².